The van der Waals surface area contributed by atoms with E-state index in [0.29, 0.717) is 22.8 Å². The van der Waals surface area contributed by atoms with Gasteiger partial charge >= 0.3 is 0 Å². The van der Waals surface area contributed by atoms with Crippen molar-refractivity contribution in [3.8, 4) is 17.0 Å². The summed E-state index contributed by atoms with van der Waals surface area (Å²) >= 11 is 0. The van der Waals surface area contributed by atoms with Crippen LogP contribution in [0.1, 0.15) is 59.5 Å². The summed E-state index contributed by atoms with van der Waals surface area (Å²) in [5.41, 5.74) is 6.02. The molecule has 5 rings (SSSR count). The molecule has 2 aromatic carbocycles. The molecule has 0 radical (unpaired) electrons. The number of nitrogens with zero attached hydrogens (tertiary/aromatic N) is 5. The van der Waals surface area contributed by atoms with Gasteiger partial charge in [-0.3, -0.25) is 19.2 Å². The van der Waals surface area contributed by atoms with Crippen molar-refractivity contribution in [3.05, 3.63) is 58.7 Å². The molecule has 0 spiro atoms. The van der Waals surface area contributed by atoms with Crippen molar-refractivity contribution in [2.24, 2.45) is 0 Å². The van der Waals surface area contributed by atoms with Crippen LogP contribution in [-0.2, 0) is 20.9 Å². The Hall–Kier alpha value is -4.60. The Morgan fingerprint density at radius 1 is 0.804 bits per heavy atom. The lowest BCUT2D eigenvalue weighted by Crippen LogP contribution is -2.38. The molecule has 1 aliphatic carbocycles. The van der Waals surface area contributed by atoms with Gasteiger partial charge in [-0.2, -0.15) is 0 Å². The number of aromatic nitrogens is 1. The molecule has 10 nitrogen and oxygen atoms in total. The number of amides is 4. The van der Waals surface area contributed by atoms with Crippen LogP contribution in [0.25, 0.3) is 28.2 Å². The normalized spacial score (nSPS) is 14.5. The highest BCUT2D eigenvalue weighted by molar-refractivity contribution is 6.05. The van der Waals surface area contributed by atoms with Gasteiger partial charge in [-0.25, -0.2) is 0 Å². The van der Waals surface area contributed by atoms with Gasteiger partial charge in [0.15, 0.2) is 0 Å². The molecule has 1 aliphatic heterocycles. The molecule has 2 aliphatic rings. The van der Waals surface area contributed by atoms with Crippen molar-refractivity contribution in [2.75, 3.05) is 62.5 Å². The summed E-state index contributed by atoms with van der Waals surface area (Å²) in [6, 6.07) is 11.7. The first-order valence-corrected chi connectivity index (χ1v) is 15.9. The quantitative estimate of drug-likeness (QED) is 0.368. The Morgan fingerprint density at radius 2 is 1.43 bits per heavy atom. The van der Waals surface area contributed by atoms with Gasteiger partial charge in [-0.1, -0.05) is 25.3 Å². The second kappa shape index (κ2) is 13.4. The van der Waals surface area contributed by atoms with Crippen molar-refractivity contribution in [1.82, 2.24) is 24.2 Å². The van der Waals surface area contributed by atoms with Crippen LogP contribution in [0.3, 0.4) is 0 Å². The molecule has 1 aromatic heterocycles. The molecule has 2 heterocycles. The molecule has 3 aromatic rings. The zero-order chi connectivity index (χ0) is 33.3. The van der Waals surface area contributed by atoms with Gasteiger partial charge in [-0.15, -0.1) is 0 Å². The summed E-state index contributed by atoms with van der Waals surface area (Å²) in [6.07, 6.45) is 7.58. The summed E-state index contributed by atoms with van der Waals surface area (Å²) in [6.45, 7) is 0.191. The first-order valence-electron chi connectivity index (χ1n) is 15.9. The number of fused-ring (bicyclic) bond motifs is 5. The number of benzene rings is 2. The zero-order valence-corrected chi connectivity index (χ0v) is 28.1. The van der Waals surface area contributed by atoms with Crippen molar-refractivity contribution < 1.29 is 23.9 Å². The highest BCUT2D eigenvalue weighted by atomic mass is 16.5. The van der Waals surface area contributed by atoms with E-state index in [1.807, 2.05) is 36.4 Å². The van der Waals surface area contributed by atoms with Crippen LogP contribution in [0.4, 0.5) is 0 Å². The zero-order valence-electron chi connectivity index (χ0n) is 28.1. The van der Waals surface area contributed by atoms with Gasteiger partial charge in [0.1, 0.15) is 5.75 Å². The first kappa shape index (κ1) is 32.8. The van der Waals surface area contributed by atoms with Crippen LogP contribution in [0.5, 0.6) is 5.75 Å². The van der Waals surface area contributed by atoms with E-state index in [4.69, 9.17) is 4.74 Å². The van der Waals surface area contributed by atoms with Gasteiger partial charge < -0.3 is 28.9 Å². The predicted molar refractivity (Wildman–Crippen MR) is 180 cm³/mol. The van der Waals surface area contributed by atoms with E-state index in [2.05, 4.69) is 10.6 Å². The topological polar surface area (TPSA) is 95.4 Å². The molecule has 1 saturated carbocycles. The smallest absolute Gasteiger partial charge is 0.254 e. The number of carbonyl (C=O) groups is 4. The number of carbonyl (C=O) groups excluding carboxylic acids is 4. The van der Waals surface area contributed by atoms with Gasteiger partial charge in [0, 0.05) is 69.9 Å². The molecule has 244 valence electrons. The molecule has 0 N–H and O–H groups in total. The maximum Gasteiger partial charge on any atom is 0.254 e. The Balaban J connectivity index is 1.70. The Kier molecular flexibility index (Phi) is 9.55. The largest absolute Gasteiger partial charge is 0.497 e. The van der Waals surface area contributed by atoms with Crippen LogP contribution in [-0.4, -0.2) is 110 Å². The molecule has 10 heteroatoms. The van der Waals surface area contributed by atoms with Crippen LogP contribution < -0.4 is 4.74 Å². The Morgan fingerprint density at radius 3 is 2.04 bits per heavy atom. The molecule has 0 saturated heterocycles. The maximum absolute atomic E-state index is 14.0. The van der Waals surface area contributed by atoms with E-state index in [1.165, 1.54) is 31.6 Å². The van der Waals surface area contributed by atoms with E-state index >= 15 is 0 Å². The minimum atomic E-state index is -0.251. The summed E-state index contributed by atoms with van der Waals surface area (Å²) in [5, 5.41) is 1.07. The molecule has 0 atom stereocenters. The monoisotopic (exact) mass is 627 g/mol. The number of ether oxygens (including phenoxy) is 1. The summed E-state index contributed by atoms with van der Waals surface area (Å²) in [7, 11) is 11.6. The van der Waals surface area contributed by atoms with Crippen molar-refractivity contribution in [2.45, 2.75) is 44.6 Å². The van der Waals surface area contributed by atoms with E-state index in [-0.39, 0.29) is 43.3 Å². The van der Waals surface area contributed by atoms with Crippen LogP contribution >= 0.6 is 0 Å². The first-order chi connectivity index (χ1) is 21.9. The number of methoxy groups -OCH3 is 1. The van der Waals surface area contributed by atoms with Crippen LogP contribution in [0.2, 0.25) is 0 Å². The van der Waals surface area contributed by atoms with E-state index in [0.717, 1.165) is 53.4 Å². The van der Waals surface area contributed by atoms with Crippen LogP contribution in [0.15, 0.2) is 42.0 Å². The van der Waals surface area contributed by atoms with Crippen molar-refractivity contribution in [3.63, 3.8) is 0 Å². The third-order valence-corrected chi connectivity index (χ3v) is 9.25. The minimum Gasteiger partial charge on any atom is -0.497 e. The van der Waals surface area contributed by atoms with Gasteiger partial charge in [0.2, 0.25) is 11.8 Å². The average molecular weight is 628 g/mol. The lowest BCUT2D eigenvalue weighted by atomic mass is 9.81. The average Bonchev–Trinajstić information content (AvgIpc) is 3.26. The maximum atomic E-state index is 14.0. The highest BCUT2D eigenvalue weighted by Gasteiger charge is 2.31. The molecule has 0 bridgehead atoms. The lowest BCUT2D eigenvalue weighted by Gasteiger charge is -2.24. The van der Waals surface area contributed by atoms with Gasteiger partial charge in [-0.05, 0) is 66.3 Å². The fourth-order valence-corrected chi connectivity index (χ4v) is 6.60. The molecular formula is C36H45N5O5. The predicted octanol–water partition coefficient (Wildman–Crippen LogP) is 4.47. The van der Waals surface area contributed by atoms with E-state index in [1.54, 1.807) is 49.4 Å². The number of likely N-dealkylation sites (N-methyl/N-ethyl adjacent to an activating group) is 4. The van der Waals surface area contributed by atoms with Gasteiger partial charge in [0.05, 0.1) is 32.4 Å². The Bertz CT molecular complexity index is 1710. The van der Waals surface area contributed by atoms with E-state index < -0.39 is 0 Å². The summed E-state index contributed by atoms with van der Waals surface area (Å²) in [4.78, 5) is 58.4. The Labute approximate surface area is 271 Å². The molecule has 1 fully saturated rings. The van der Waals surface area contributed by atoms with Crippen molar-refractivity contribution in [1.29, 1.82) is 0 Å². The SMILES string of the molecule is COc1ccc2c(c1)C=C(C(=O)N(C)CC(=O)N(C)C)Cn1c-2c(C2CCCCC2)c2ccc(C(=O)N(C)CC(=O)N(C)C)cc21. The van der Waals surface area contributed by atoms with Crippen LogP contribution in [0, 0.1) is 0 Å². The molecule has 46 heavy (non-hydrogen) atoms. The van der Waals surface area contributed by atoms with Gasteiger partial charge in [0.25, 0.3) is 11.8 Å². The number of hydrogen-bond acceptors (Lipinski definition) is 5. The minimum absolute atomic E-state index is 0.0297. The summed E-state index contributed by atoms with van der Waals surface area (Å²) in [5.74, 6) is 0.197. The second-order valence-corrected chi connectivity index (χ2v) is 12.9. The summed E-state index contributed by atoms with van der Waals surface area (Å²) < 4.78 is 7.76. The number of hydrogen-bond donors (Lipinski definition) is 0. The molecule has 0 unspecified atom stereocenters. The lowest BCUT2D eigenvalue weighted by molar-refractivity contribution is -0.136. The molecule has 4 amide bonds. The number of rotatable bonds is 8. The van der Waals surface area contributed by atoms with E-state index in [9.17, 15) is 19.2 Å². The highest BCUT2D eigenvalue weighted by Crippen LogP contribution is 2.47. The fourth-order valence-electron chi connectivity index (χ4n) is 6.60. The third kappa shape index (κ3) is 6.38. The standard InChI is InChI=1S/C36H45N5O5/c1-37(2)31(42)21-39(5)35(44)24-13-15-29-30(19-24)41-20-26(36(45)40(6)22-32(43)38(3)4)17-25-18-27(46-7)14-16-28(25)34(41)33(29)23-11-9-8-10-12-23/h13-19,23H,8-12,20-22H2,1-7H3. The van der Waals surface area contributed by atoms with Crippen molar-refractivity contribution >= 4 is 40.6 Å². The third-order valence-electron chi connectivity index (χ3n) is 9.25. The fraction of sp³-hybridized carbons (Fsp3) is 0.444. The second-order valence-electron chi connectivity index (χ2n) is 12.9. The molecular weight excluding hydrogens is 582 g/mol.